The van der Waals surface area contributed by atoms with Gasteiger partial charge in [0.05, 0.1) is 22.5 Å². The van der Waals surface area contributed by atoms with Crippen molar-refractivity contribution in [1.29, 1.82) is 5.26 Å². The fourth-order valence-electron chi connectivity index (χ4n) is 3.71. The third kappa shape index (κ3) is 3.59. The summed E-state index contributed by atoms with van der Waals surface area (Å²) in [7, 11) is 0. The number of nitrogens with one attached hydrogen (secondary N) is 1. The average Bonchev–Trinajstić information content (AvgIpc) is 3.10. The first kappa shape index (κ1) is 16.5. The topological polar surface area (TPSA) is 78.7 Å². The molecule has 1 aliphatic carbocycles. The Balaban J connectivity index is 1.65. The molecule has 24 heavy (non-hydrogen) atoms. The number of nitriles is 1. The number of H-pyrrole nitrogens is 1. The van der Waals surface area contributed by atoms with Gasteiger partial charge in [-0.15, -0.1) is 0 Å². The summed E-state index contributed by atoms with van der Waals surface area (Å²) in [5.41, 5.74) is 0.205. The Morgan fingerprint density at radius 1 is 1.17 bits per heavy atom. The molecule has 0 radical (unpaired) electrons. The highest BCUT2D eigenvalue weighted by atomic mass is 16.2. The van der Waals surface area contributed by atoms with Crippen LogP contribution < -0.4 is 11.2 Å². The second kappa shape index (κ2) is 7.48. The van der Waals surface area contributed by atoms with Crippen LogP contribution in [0, 0.1) is 17.2 Å². The van der Waals surface area contributed by atoms with E-state index >= 15 is 0 Å². The number of unbranched alkanes of at least 4 members (excludes halogenated alkanes) is 2. The Labute approximate surface area is 140 Å². The number of aromatic nitrogens is 2. The number of hydrogen-bond acceptors (Lipinski definition) is 3. The van der Waals surface area contributed by atoms with Gasteiger partial charge in [0, 0.05) is 6.54 Å². The Morgan fingerprint density at radius 2 is 1.96 bits per heavy atom. The van der Waals surface area contributed by atoms with Crippen LogP contribution in [0.5, 0.6) is 0 Å². The highest BCUT2D eigenvalue weighted by Gasteiger charge is 2.14. The Kier molecular flexibility index (Phi) is 5.14. The van der Waals surface area contributed by atoms with Crippen LogP contribution in [-0.4, -0.2) is 9.55 Å². The molecule has 2 aromatic rings. The van der Waals surface area contributed by atoms with Gasteiger partial charge in [0.25, 0.3) is 5.56 Å². The van der Waals surface area contributed by atoms with Crippen molar-refractivity contribution in [2.45, 2.75) is 57.9 Å². The summed E-state index contributed by atoms with van der Waals surface area (Å²) in [6, 6.07) is 6.78. The van der Waals surface area contributed by atoms with Crippen LogP contribution in [0.15, 0.2) is 27.8 Å². The number of aromatic amines is 1. The Morgan fingerprint density at radius 3 is 2.71 bits per heavy atom. The fourth-order valence-corrected chi connectivity index (χ4v) is 3.71. The molecular weight excluding hydrogens is 302 g/mol. The van der Waals surface area contributed by atoms with Crippen molar-refractivity contribution in [2.75, 3.05) is 0 Å². The summed E-state index contributed by atoms with van der Waals surface area (Å²) in [6.45, 7) is 0.453. The zero-order chi connectivity index (χ0) is 16.9. The van der Waals surface area contributed by atoms with E-state index in [2.05, 4.69) is 4.98 Å². The zero-order valence-corrected chi connectivity index (χ0v) is 13.9. The van der Waals surface area contributed by atoms with Crippen LogP contribution in [0.3, 0.4) is 0 Å². The summed E-state index contributed by atoms with van der Waals surface area (Å²) >= 11 is 0. The summed E-state index contributed by atoms with van der Waals surface area (Å²) in [4.78, 5) is 27.3. The van der Waals surface area contributed by atoms with Crippen molar-refractivity contribution in [3.63, 3.8) is 0 Å². The lowest BCUT2D eigenvalue weighted by Gasteiger charge is -2.09. The molecule has 0 spiro atoms. The first-order valence-corrected chi connectivity index (χ1v) is 8.86. The van der Waals surface area contributed by atoms with Gasteiger partial charge in [-0.3, -0.25) is 9.36 Å². The van der Waals surface area contributed by atoms with Crippen molar-refractivity contribution in [2.24, 2.45) is 5.92 Å². The molecule has 0 unspecified atom stereocenters. The first-order chi connectivity index (χ1) is 11.7. The van der Waals surface area contributed by atoms with E-state index in [0.717, 1.165) is 18.8 Å². The molecule has 1 aromatic carbocycles. The molecule has 126 valence electrons. The van der Waals surface area contributed by atoms with Gasteiger partial charge in [-0.05, 0) is 30.5 Å². The first-order valence-electron chi connectivity index (χ1n) is 8.86. The van der Waals surface area contributed by atoms with E-state index in [-0.39, 0.29) is 5.56 Å². The maximum absolute atomic E-state index is 12.5. The van der Waals surface area contributed by atoms with E-state index in [1.54, 1.807) is 18.2 Å². The van der Waals surface area contributed by atoms with Gasteiger partial charge in [0.1, 0.15) is 0 Å². The molecule has 1 aliphatic rings. The molecular formula is C19H23N3O2. The molecule has 1 aromatic heterocycles. The summed E-state index contributed by atoms with van der Waals surface area (Å²) in [5, 5.41) is 9.37. The average molecular weight is 325 g/mol. The lowest BCUT2D eigenvalue weighted by molar-refractivity contribution is 0.455. The Hall–Kier alpha value is -2.35. The van der Waals surface area contributed by atoms with Crippen LogP contribution in [0.4, 0.5) is 0 Å². The van der Waals surface area contributed by atoms with Gasteiger partial charge in [0.2, 0.25) is 0 Å². The van der Waals surface area contributed by atoms with Crippen molar-refractivity contribution in [3.05, 3.63) is 44.6 Å². The van der Waals surface area contributed by atoms with Crippen LogP contribution in [-0.2, 0) is 6.54 Å². The maximum atomic E-state index is 12.5. The molecule has 1 N–H and O–H groups in total. The van der Waals surface area contributed by atoms with Crippen molar-refractivity contribution in [3.8, 4) is 6.07 Å². The minimum atomic E-state index is -0.390. The lowest BCUT2D eigenvalue weighted by atomic mass is 10.00. The quantitative estimate of drug-likeness (QED) is 0.828. The van der Waals surface area contributed by atoms with Gasteiger partial charge in [-0.1, -0.05) is 44.9 Å². The molecule has 5 heteroatoms. The third-order valence-corrected chi connectivity index (χ3v) is 5.08. The predicted molar refractivity (Wildman–Crippen MR) is 94.0 cm³/mol. The normalized spacial score (nSPS) is 15.0. The van der Waals surface area contributed by atoms with Crippen LogP contribution >= 0.6 is 0 Å². The molecule has 0 bridgehead atoms. The number of rotatable bonds is 6. The van der Waals surface area contributed by atoms with Crippen molar-refractivity contribution < 1.29 is 0 Å². The summed E-state index contributed by atoms with van der Waals surface area (Å²) in [6.07, 6.45) is 9.84. The molecule has 0 aliphatic heterocycles. The molecule has 1 saturated carbocycles. The predicted octanol–water partition coefficient (Wildman–Crippen LogP) is 3.31. The second-order valence-electron chi connectivity index (χ2n) is 6.76. The van der Waals surface area contributed by atoms with E-state index < -0.39 is 5.69 Å². The van der Waals surface area contributed by atoms with E-state index in [0.29, 0.717) is 23.0 Å². The Bertz CT molecular complexity index is 867. The minimum Gasteiger partial charge on any atom is -0.307 e. The highest BCUT2D eigenvalue weighted by molar-refractivity contribution is 5.78. The molecule has 1 fully saturated rings. The SMILES string of the molecule is N#Cc1ccc2c(=O)n(CCCCCC3CCCC3)c(=O)[nH]c2c1. The number of nitrogens with zero attached hydrogens (tertiary/aromatic N) is 2. The summed E-state index contributed by atoms with van der Waals surface area (Å²) < 4.78 is 1.28. The lowest BCUT2D eigenvalue weighted by Crippen LogP contribution is -2.35. The van der Waals surface area contributed by atoms with Gasteiger partial charge in [0.15, 0.2) is 0 Å². The van der Waals surface area contributed by atoms with Gasteiger partial charge in [-0.2, -0.15) is 5.26 Å². The van der Waals surface area contributed by atoms with Gasteiger partial charge < -0.3 is 4.98 Å². The number of fused-ring (bicyclic) bond motifs is 1. The van der Waals surface area contributed by atoms with Crippen LogP contribution in [0.2, 0.25) is 0 Å². The highest BCUT2D eigenvalue weighted by Crippen LogP contribution is 2.29. The molecule has 0 amide bonds. The second-order valence-corrected chi connectivity index (χ2v) is 6.76. The van der Waals surface area contributed by atoms with Gasteiger partial charge >= 0.3 is 5.69 Å². The third-order valence-electron chi connectivity index (χ3n) is 5.08. The largest absolute Gasteiger partial charge is 0.328 e. The smallest absolute Gasteiger partial charge is 0.307 e. The number of benzene rings is 1. The minimum absolute atomic E-state index is 0.269. The van der Waals surface area contributed by atoms with E-state index in [1.807, 2.05) is 6.07 Å². The van der Waals surface area contributed by atoms with Crippen molar-refractivity contribution in [1.82, 2.24) is 9.55 Å². The summed E-state index contributed by atoms with van der Waals surface area (Å²) in [5.74, 6) is 0.895. The van der Waals surface area contributed by atoms with Crippen molar-refractivity contribution >= 4 is 10.9 Å². The van der Waals surface area contributed by atoms with E-state index in [9.17, 15) is 9.59 Å². The van der Waals surface area contributed by atoms with Crippen LogP contribution in [0.1, 0.15) is 56.9 Å². The fraction of sp³-hybridized carbons (Fsp3) is 0.526. The maximum Gasteiger partial charge on any atom is 0.328 e. The van der Waals surface area contributed by atoms with Crippen LogP contribution in [0.25, 0.3) is 10.9 Å². The molecule has 0 saturated heterocycles. The van der Waals surface area contributed by atoms with E-state index in [1.165, 1.54) is 43.1 Å². The number of hydrogen-bond donors (Lipinski definition) is 1. The molecule has 5 nitrogen and oxygen atoms in total. The molecule has 3 rings (SSSR count). The monoisotopic (exact) mass is 325 g/mol. The molecule has 1 heterocycles. The standard InChI is InChI=1S/C19H23N3O2/c20-13-15-9-10-16-17(12-15)21-19(24)22(18(16)23)11-5-1-2-6-14-7-3-4-8-14/h9-10,12,14H,1-8,11H2,(H,21,24). The zero-order valence-electron chi connectivity index (χ0n) is 13.9. The van der Waals surface area contributed by atoms with Gasteiger partial charge in [-0.25, -0.2) is 4.79 Å². The van der Waals surface area contributed by atoms with E-state index in [4.69, 9.17) is 5.26 Å². The molecule has 0 atom stereocenters.